The van der Waals surface area contributed by atoms with Crippen LogP contribution >= 0.6 is 11.6 Å². The Kier molecular flexibility index (Phi) is 7.37. The largest absolute Gasteiger partial charge is 0.473 e. The first kappa shape index (κ1) is 25.3. The molecule has 1 saturated heterocycles. The summed E-state index contributed by atoms with van der Waals surface area (Å²) in [7, 11) is 1.63. The van der Waals surface area contributed by atoms with Crippen LogP contribution in [0.1, 0.15) is 16.7 Å². The Morgan fingerprint density at radius 1 is 1.17 bits per heavy atom. The lowest BCUT2D eigenvalue weighted by atomic mass is 10.1. The van der Waals surface area contributed by atoms with Crippen LogP contribution in [-0.4, -0.2) is 35.9 Å². The van der Waals surface area contributed by atoms with E-state index in [0.29, 0.717) is 37.7 Å². The molecule has 0 radical (unpaired) electrons. The van der Waals surface area contributed by atoms with Gasteiger partial charge in [-0.1, -0.05) is 17.7 Å². The second kappa shape index (κ2) is 10.5. The van der Waals surface area contributed by atoms with E-state index in [1.165, 1.54) is 22.8 Å². The molecular formula is C24H20ClF3N4O4. The number of nitriles is 1. The number of hydrogen-bond acceptors (Lipinski definition) is 7. The van der Waals surface area contributed by atoms with Crippen LogP contribution < -0.4 is 20.1 Å². The molecule has 2 heterocycles. The van der Waals surface area contributed by atoms with Crippen LogP contribution in [0.2, 0.25) is 5.02 Å². The van der Waals surface area contributed by atoms with Crippen molar-refractivity contribution in [3.63, 3.8) is 0 Å². The van der Waals surface area contributed by atoms with Crippen molar-refractivity contribution in [1.29, 1.82) is 5.26 Å². The molecule has 3 aromatic rings. The molecule has 1 aliphatic rings. The molecule has 1 aliphatic heterocycles. The maximum atomic E-state index is 13.1. The summed E-state index contributed by atoms with van der Waals surface area (Å²) in [6, 6.07) is 11.3. The summed E-state index contributed by atoms with van der Waals surface area (Å²) in [5.41, 5.74) is -0.855. The quantitative estimate of drug-likeness (QED) is 0.471. The molecule has 1 aromatic heterocycles. The number of aromatic nitrogens is 2. The molecule has 2 aromatic carbocycles. The van der Waals surface area contributed by atoms with E-state index in [2.05, 4.69) is 4.98 Å². The van der Waals surface area contributed by atoms with E-state index in [-0.39, 0.29) is 29.5 Å². The van der Waals surface area contributed by atoms with Gasteiger partial charge in [-0.2, -0.15) is 23.4 Å². The fourth-order valence-electron chi connectivity index (χ4n) is 3.59. The van der Waals surface area contributed by atoms with Gasteiger partial charge < -0.3 is 19.1 Å². The molecule has 4 rings (SSSR count). The number of alkyl halides is 3. The van der Waals surface area contributed by atoms with Crippen molar-refractivity contribution < 1.29 is 27.4 Å². The summed E-state index contributed by atoms with van der Waals surface area (Å²) < 4.78 is 57.4. The number of nitrogens with zero attached hydrogens (tertiary/aromatic N) is 4. The number of halogens is 4. The standard InChI is InChI=1S/C24H20ClF3N4O4/c1-31-22(32-6-8-34-9-7-32)12-21(30-23(31)33)35-14-15-2-5-20(16(10-15)13-29)36-17-3-4-19(25)18(11-17)24(26,27)28/h2-5,10-12H,6-9,14H2,1H3. The summed E-state index contributed by atoms with van der Waals surface area (Å²) in [5, 5.41) is 9.08. The number of ether oxygens (including phenoxy) is 3. The Morgan fingerprint density at radius 3 is 2.61 bits per heavy atom. The molecule has 0 aliphatic carbocycles. The molecule has 0 amide bonds. The van der Waals surface area contributed by atoms with E-state index in [1.807, 2.05) is 11.0 Å². The highest BCUT2D eigenvalue weighted by atomic mass is 35.5. The highest BCUT2D eigenvalue weighted by Crippen LogP contribution is 2.38. The molecule has 36 heavy (non-hydrogen) atoms. The van der Waals surface area contributed by atoms with E-state index in [4.69, 9.17) is 25.8 Å². The molecule has 8 nitrogen and oxygen atoms in total. The average molecular weight is 521 g/mol. The second-order valence-corrected chi connectivity index (χ2v) is 8.27. The van der Waals surface area contributed by atoms with E-state index in [0.717, 1.165) is 12.1 Å². The molecule has 12 heteroatoms. The van der Waals surface area contributed by atoms with E-state index in [9.17, 15) is 23.2 Å². The van der Waals surface area contributed by atoms with Gasteiger partial charge in [-0.05, 0) is 35.9 Å². The Bertz CT molecular complexity index is 1360. The van der Waals surface area contributed by atoms with Gasteiger partial charge in [0.05, 0.1) is 29.4 Å². The zero-order valence-corrected chi connectivity index (χ0v) is 19.8. The van der Waals surface area contributed by atoms with Crippen LogP contribution in [0.5, 0.6) is 17.4 Å². The minimum Gasteiger partial charge on any atom is -0.473 e. The molecule has 0 N–H and O–H groups in total. The number of benzene rings is 2. The van der Waals surface area contributed by atoms with Crippen LogP contribution in [0.25, 0.3) is 0 Å². The number of morpholine rings is 1. The maximum Gasteiger partial charge on any atom is 0.417 e. The Hall–Kier alpha value is -3.75. The molecule has 188 valence electrons. The first-order valence-corrected chi connectivity index (χ1v) is 11.1. The van der Waals surface area contributed by atoms with Crippen LogP contribution in [-0.2, 0) is 24.6 Å². The summed E-state index contributed by atoms with van der Waals surface area (Å²) in [6.45, 7) is 2.34. The molecule has 0 spiro atoms. The van der Waals surface area contributed by atoms with Crippen LogP contribution in [0.4, 0.5) is 19.0 Å². The minimum absolute atomic E-state index is 0.00313. The topological polar surface area (TPSA) is 89.6 Å². The van der Waals surface area contributed by atoms with Gasteiger partial charge in [-0.3, -0.25) is 4.57 Å². The number of anilines is 1. The first-order valence-electron chi connectivity index (χ1n) is 10.8. The normalized spacial score (nSPS) is 13.8. The SMILES string of the molecule is Cn1c(N2CCOCC2)cc(OCc2ccc(Oc3ccc(Cl)c(C(F)(F)F)c3)c(C#N)c2)nc1=O. The average Bonchev–Trinajstić information content (AvgIpc) is 2.86. The van der Waals surface area contributed by atoms with Gasteiger partial charge in [0.15, 0.2) is 0 Å². The fourth-order valence-corrected chi connectivity index (χ4v) is 3.81. The smallest absolute Gasteiger partial charge is 0.417 e. The lowest BCUT2D eigenvalue weighted by molar-refractivity contribution is -0.137. The predicted octanol–water partition coefficient (Wildman–Crippen LogP) is 4.53. The molecule has 0 bridgehead atoms. The van der Waals surface area contributed by atoms with E-state index in [1.54, 1.807) is 19.2 Å². The maximum absolute atomic E-state index is 13.1. The highest BCUT2D eigenvalue weighted by molar-refractivity contribution is 6.31. The van der Waals surface area contributed by atoms with Gasteiger partial charge in [0.25, 0.3) is 0 Å². The van der Waals surface area contributed by atoms with Gasteiger partial charge in [0.2, 0.25) is 5.88 Å². The van der Waals surface area contributed by atoms with Gasteiger partial charge >= 0.3 is 11.9 Å². The fraction of sp³-hybridized carbons (Fsp3) is 0.292. The van der Waals surface area contributed by atoms with Gasteiger partial charge in [-0.15, -0.1) is 0 Å². The molecule has 0 saturated carbocycles. The van der Waals surface area contributed by atoms with Gasteiger partial charge in [-0.25, -0.2) is 4.79 Å². The number of rotatable bonds is 6. The molecule has 0 atom stereocenters. The molecule has 0 unspecified atom stereocenters. The van der Waals surface area contributed by atoms with Crippen molar-refractivity contribution in [3.8, 4) is 23.4 Å². The lowest BCUT2D eigenvalue weighted by Gasteiger charge is -2.29. The third-order valence-corrected chi connectivity index (χ3v) is 5.78. The van der Waals surface area contributed by atoms with Crippen LogP contribution in [0.15, 0.2) is 47.3 Å². The summed E-state index contributed by atoms with van der Waals surface area (Å²) in [6.07, 6.45) is -4.65. The second-order valence-electron chi connectivity index (χ2n) is 7.87. The van der Waals surface area contributed by atoms with E-state index < -0.39 is 22.5 Å². The zero-order chi connectivity index (χ0) is 25.9. The highest BCUT2D eigenvalue weighted by Gasteiger charge is 2.33. The molecular weight excluding hydrogens is 501 g/mol. The van der Waals surface area contributed by atoms with Crippen molar-refractivity contribution in [3.05, 3.63) is 74.7 Å². The zero-order valence-electron chi connectivity index (χ0n) is 19.0. The Balaban J connectivity index is 1.50. The van der Waals surface area contributed by atoms with Crippen molar-refractivity contribution in [1.82, 2.24) is 9.55 Å². The monoisotopic (exact) mass is 520 g/mol. The Labute approximate surface area is 209 Å². The Morgan fingerprint density at radius 2 is 1.92 bits per heavy atom. The summed E-state index contributed by atoms with van der Waals surface area (Å²) in [5.74, 6) is 0.723. The number of hydrogen-bond donors (Lipinski definition) is 0. The van der Waals surface area contributed by atoms with Gasteiger partial charge in [0.1, 0.15) is 30.0 Å². The van der Waals surface area contributed by atoms with Crippen molar-refractivity contribution in [2.75, 3.05) is 31.2 Å². The third kappa shape index (κ3) is 5.72. The van der Waals surface area contributed by atoms with Crippen LogP contribution in [0, 0.1) is 11.3 Å². The van der Waals surface area contributed by atoms with Crippen molar-refractivity contribution >= 4 is 17.4 Å². The van der Waals surface area contributed by atoms with Crippen LogP contribution in [0.3, 0.4) is 0 Å². The predicted molar refractivity (Wildman–Crippen MR) is 125 cm³/mol. The third-order valence-electron chi connectivity index (χ3n) is 5.45. The molecule has 1 fully saturated rings. The minimum atomic E-state index is -4.65. The van der Waals surface area contributed by atoms with Crippen molar-refractivity contribution in [2.45, 2.75) is 12.8 Å². The summed E-state index contributed by atoms with van der Waals surface area (Å²) in [4.78, 5) is 18.2. The summed E-state index contributed by atoms with van der Waals surface area (Å²) >= 11 is 5.64. The lowest BCUT2D eigenvalue weighted by Crippen LogP contribution is -2.39. The van der Waals surface area contributed by atoms with Gasteiger partial charge in [0, 0.05) is 26.2 Å². The first-order chi connectivity index (χ1) is 17.2. The van der Waals surface area contributed by atoms with E-state index >= 15 is 0 Å². The van der Waals surface area contributed by atoms with Crippen molar-refractivity contribution in [2.24, 2.45) is 7.05 Å².